The van der Waals surface area contributed by atoms with Crippen LogP contribution in [0.2, 0.25) is 0 Å². The van der Waals surface area contributed by atoms with Crippen molar-refractivity contribution in [2.24, 2.45) is 11.7 Å². The molecule has 2 saturated heterocycles. The van der Waals surface area contributed by atoms with E-state index in [0.717, 1.165) is 25.0 Å². The highest BCUT2D eigenvalue weighted by Crippen LogP contribution is 2.33. The molecular formula is C14H23N3O3S. The number of primary amides is 1. The van der Waals surface area contributed by atoms with E-state index >= 15 is 0 Å². The van der Waals surface area contributed by atoms with E-state index in [1.165, 1.54) is 0 Å². The lowest BCUT2D eigenvalue weighted by Crippen LogP contribution is -2.36. The number of hydrogen-bond acceptors (Lipinski definition) is 4. The van der Waals surface area contributed by atoms with Crippen LogP contribution in [0.5, 0.6) is 0 Å². The third kappa shape index (κ3) is 3.90. The number of rotatable bonds is 8. The molecule has 0 bridgehead atoms. The topological polar surface area (TPSA) is 101 Å². The molecule has 0 radical (unpaired) electrons. The van der Waals surface area contributed by atoms with Crippen molar-refractivity contribution in [3.63, 3.8) is 0 Å². The van der Waals surface area contributed by atoms with Crippen LogP contribution in [0.15, 0.2) is 0 Å². The first-order valence-corrected chi connectivity index (χ1v) is 8.58. The van der Waals surface area contributed by atoms with Crippen LogP contribution in [0.3, 0.4) is 0 Å². The Balaban J connectivity index is 1.67. The number of carbonyl (C=O) groups is 3. The Morgan fingerprint density at radius 2 is 2.14 bits per heavy atom. The van der Waals surface area contributed by atoms with E-state index in [0.29, 0.717) is 18.1 Å². The second-order valence-corrected chi connectivity index (χ2v) is 6.97. The number of unbranched alkanes of at least 4 members (excludes halogenated alkanes) is 1. The zero-order chi connectivity index (χ0) is 15.4. The molecule has 6 nitrogen and oxygen atoms in total. The average Bonchev–Trinajstić information content (AvgIpc) is 2.95. The molecule has 4 atom stereocenters. The standard InChI is InChI=1S/C14H23N3O3S/c1-2-8(13(15)19)10(18)5-3-4-6-11-12-9(7-21-11)16-14(20)17-12/h8-9,11-12H,2-7H2,1H3,(H2,15,19)(H2,16,17,20)/t8?,9-,11-,12-/m0/s1. The maximum atomic E-state index is 11.9. The Morgan fingerprint density at radius 1 is 1.38 bits per heavy atom. The van der Waals surface area contributed by atoms with Gasteiger partial charge in [-0.25, -0.2) is 4.79 Å². The SMILES string of the molecule is CCC(C(N)=O)C(=O)CCCC[C@@H]1SC[C@@H]2NC(=O)N[C@@H]21. The molecule has 0 aliphatic carbocycles. The van der Waals surface area contributed by atoms with Crippen molar-refractivity contribution >= 4 is 29.5 Å². The molecular weight excluding hydrogens is 290 g/mol. The Morgan fingerprint density at radius 3 is 2.81 bits per heavy atom. The summed E-state index contributed by atoms with van der Waals surface area (Å²) in [5.74, 6) is -0.241. The lowest BCUT2D eigenvalue weighted by Gasteiger charge is -2.16. The van der Waals surface area contributed by atoms with Crippen LogP contribution in [0, 0.1) is 5.92 Å². The lowest BCUT2D eigenvalue weighted by atomic mass is 9.95. The first-order chi connectivity index (χ1) is 10.0. The fourth-order valence-corrected chi connectivity index (χ4v) is 4.59. The summed E-state index contributed by atoms with van der Waals surface area (Å²) in [6.07, 6.45) is 3.58. The zero-order valence-electron chi connectivity index (χ0n) is 12.3. The highest BCUT2D eigenvalue weighted by Gasteiger charge is 2.42. The molecule has 7 heteroatoms. The number of carbonyl (C=O) groups excluding carboxylic acids is 3. The molecule has 118 valence electrons. The molecule has 0 aromatic heterocycles. The van der Waals surface area contributed by atoms with E-state index in [2.05, 4.69) is 10.6 Å². The zero-order valence-corrected chi connectivity index (χ0v) is 13.1. The average molecular weight is 313 g/mol. The second-order valence-electron chi connectivity index (χ2n) is 5.70. The van der Waals surface area contributed by atoms with Gasteiger partial charge in [-0.2, -0.15) is 11.8 Å². The van der Waals surface area contributed by atoms with Gasteiger partial charge in [-0.15, -0.1) is 0 Å². The molecule has 2 rings (SSSR count). The quantitative estimate of drug-likeness (QED) is 0.350. The largest absolute Gasteiger partial charge is 0.369 e. The Labute approximate surface area is 129 Å². The lowest BCUT2D eigenvalue weighted by molar-refractivity contribution is -0.132. The van der Waals surface area contributed by atoms with Crippen LogP contribution < -0.4 is 16.4 Å². The summed E-state index contributed by atoms with van der Waals surface area (Å²) in [6.45, 7) is 1.80. The second kappa shape index (κ2) is 7.15. The van der Waals surface area contributed by atoms with E-state index in [1.54, 1.807) is 6.92 Å². The maximum absolute atomic E-state index is 11.9. The number of urea groups is 1. The normalized spacial score (nSPS) is 28.6. The summed E-state index contributed by atoms with van der Waals surface area (Å²) in [4.78, 5) is 34.3. The van der Waals surface area contributed by atoms with Gasteiger partial charge in [-0.1, -0.05) is 13.3 Å². The summed E-state index contributed by atoms with van der Waals surface area (Å²) in [5.41, 5.74) is 5.21. The highest BCUT2D eigenvalue weighted by molar-refractivity contribution is 8.00. The van der Waals surface area contributed by atoms with Gasteiger partial charge in [-0.05, 0) is 19.3 Å². The number of thioether (sulfide) groups is 1. The summed E-state index contributed by atoms with van der Waals surface area (Å²) in [7, 11) is 0. The maximum Gasteiger partial charge on any atom is 0.315 e. The molecule has 2 aliphatic heterocycles. The molecule has 0 aromatic rings. The van der Waals surface area contributed by atoms with E-state index in [9.17, 15) is 14.4 Å². The fraction of sp³-hybridized carbons (Fsp3) is 0.786. The van der Waals surface area contributed by atoms with E-state index in [4.69, 9.17) is 5.73 Å². The highest BCUT2D eigenvalue weighted by atomic mass is 32.2. The Hall–Kier alpha value is -1.24. The molecule has 2 heterocycles. The summed E-state index contributed by atoms with van der Waals surface area (Å²) in [6, 6.07) is 0.387. The monoisotopic (exact) mass is 313 g/mol. The van der Waals surface area contributed by atoms with Crippen molar-refractivity contribution in [1.82, 2.24) is 10.6 Å². The van der Waals surface area contributed by atoms with Crippen LogP contribution in [0.1, 0.15) is 39.0 Å². The number of nitrogens with one attached hydrogen (secondary N) is 2. The number of nitrogens with two attached hydrogens (primary N) is 1. The van der Waals surface area contributed by atoms with Gasteiger partial charge in [0.15, 0.2) is 0 Å². The molecule has 2 fully saturated rings. The van der Waals surface area contributed by atoms with E-state index < -0.39 is 11.8 Å². The first-order valence-electron chi connectivity index (χ1n) is 7.53. The van der Waals surface area contributed by atoms with Crippen LogP contribution >= 0.6 is 11.8 Å². The van der Waals surface area contributed by atoms with E-state index in [-0.39, 0.29) is 23.9 Å². The van der Waals surface area contributed by atoms with Crippen LogP contribution in [-0.2, 0) is 9.59 Å². The van der Waals surface area contributed by atoms with Gasteiger partial charge in [0.1, 0.15) is 5.78 Å². The van der Waals surface area contributed by atoms with Gasteiger partial charge in [0, 0.05) is 17.4 Å². The van der Waals surface area contributed by atoms with Crippen LogP contribution in [-0.4, -0.2) is 40.8 Å². The van der Waals surface area contributed by atoms with Crippen molar-refractivity contribution in [1.29, 1.82) is 0 Å². The summed E-state index contributed by atoms with van der Waals surface area (Å²) >= 11 is 1.87. The van der Waals surface area contributed by atoms with Crippen molar-refractivity contribution < 1.29 is 14.4 Å². The number of amides is 3. The van der Waals surface area contributed by atoms with Crippen LogP contribution in [0.4, 0.5) is 4.79 Å². The summed E-state index contributed by atoms with van der Waals surface area (Å²) in [5, 5.41) is 6.29. The van der Waals surface area contributed by atoms with Gasteiger partial charge >= 0.3 is 6.03 Å². The number of hydrogen-bond donors (Lipinski definition) is 3. The smallest absolute Gasteiger partial charge is 0.315 e. The third-order valence-corrected chi connectivity index (χ3v) is 5.75. The minimum absolute atomic E-state index is 0.0437. The molecule has 1 unspecified atom stereocenters. The molecule has 0 spiro atoms. The fourth-order valence-electron chi connectivity index (χ4n) is 3.05. The molecule has 3 amide bonds. The van der Waals surface area contributed by atoms with Crippen molar-refractivity contribution in [3.8, 4) is 0 Å². The van der Waals surface area contributed by atoms with E-state index in [1.807, 2.05) is 11.8 Å². The number of Topliss-reactive ketones (excluding diaryl/α,β-unsaturated/α-hetero) is 1. The minimum atomic E-state index is -0.631. The third-order valence-electron chi connectivity index (χ3n) is 4.24. The molecule has 2 aliphatic rings. The molecule has 0 aromatic carbocycles. The van der Waals surface area contributed by atoms with Gasteiger partial charge < -0.3 is 16.4 Å². The predicted molar refractivity (Wildman–Crippen MR) is 81.9 cm³/mol. The Kier molecular flexibility index (Phi) is 5.50. The van der Waals surface area contributed by atoms with Crippen molar-refractivity contribution in [2.45, 2.75) is 56.4 Å². The van der Waals surface area contributed by atoms with Gasteiger partial charge in [0.2, 0.25) is 5.91 Å². The predicted octanol–water partition coefficient (Wildman–Crippen LogP) is 0.793. The summed E-state index contributed by atoms with van der Waals surface area (Å²) < 4.78 is 0. The van der Waals surface area contributed by atoms with Crippen molar-refractivity contribution in [2.75, 3.05) is 5.75 Å². The first kappa shape index (κ1) is 16.1. The minimum Gasteiger partial charge on any atom is -0.369 e. The van der Waals surface area contributed by atoms with Crippen molar-refractivity contribution in [3.05, 3.63) is 0 Å². The van der Waals surface area contributed by atoms with Gasteiger partial charge in [0.05, 0.1) is 18.0 Å². The number of fused-ring (bicyclic) bond motifs is 1. The van der Waals surface area contributed by atoms with Gasteiger partial charge in [-0.3, -0.25) is 9.59 Å². The molecule has 0 saturated carbocycles. The Bertz CT molecular complexity index is 430. The van der Waals surface area contributed by atoms with Crippen LogP contribution in [0.25, 0.3) is 0 Å². The van der Waals surface area contributed by atoms with Gasteiger partial charge in [0.25, 0.3) is 0 Å². The molecule has 4 N–H and O–H groups in total. The molecule has 21 heavy (non-hydrogen) atoms. The number of ketones is 1.